The number of hydrogen-bond acceptors (Lipinski definition) is 4. The van der Waals surface area contributed by atoms with E-state index in [1.165, 1.54) is 29.5 Å². The third-order valence-corrected chi connectivity index (χ3v) is 3.33. The topological polar surface area (TPSA) is 59.4 Å². The van der Waals surface area contributed by atoms with Crippen LogP contribution >= 0.6 is 22.9 Å². The quantitative estimate of drug-likeness (QED) is 0.934. The maximum Gasteiger partial charge on any atom is 0.339 e. The molecule has 0 bridgehead atoms. The molecule has 2 rings (SSSR count). The molecule has 0 aliphatic heterocycles. The summed E-state index contributed by atoms with van der Waals surface area (Å²) in [7, 11) is 0. The Morgan fingerprint density at radius 3 is 2.94 bits per heavy atom. The van der Waals surface area contributed by atoms with Crippen molar-refractivity contribution in [3.8, 4) is 5.75 Å². The molecule has 1 heterocycles. The fraction of sp³-hybridized carbons (Fsp3) is 0.167. The van der Waals surface area contributed by atoms with Crippen LogP contribution in [0.15, 0.2) is 24.4 Å². The lowest BCUT2D eigenvalue weighted by Crippen LogP contribution is -2.02. The fourth-order valence-corrected chi connectivity index (χ4v) is 2.28. The van der Waals surface area contributed by atoms with Crippen molar-refractivity contribution in [1.82, 2.24) is 4.98 Å². The van der Waals surface area contributed by atoms with Crippen molar-refractivity contribution >= 4 is 28.9 Å². The molecule has 0 radical (unpaired) electrons. The number of nitrogens with zero attached hydrogens (tertiary/aromatic N) is 1. The summed E-state index contributed by atoms with van der Waals surface area (Å²) in [6, 6.07) is 4.45. The molecule has 0 unspecified atom stereocenters. The number of ether oxygens (including phenoxy) is 1. The van der Waals surface area contributed by atoms with Gasteiger partial charge < -0.3 is 9.84 Å². The van der Waals surface area contributed by atoms with E-state index in [4.69, 9.17) is 21.4 Å². The van der Waals surface area contributed by atoms with Crippen molar-refractivity contribution in [3.63, 3.8) is 0 Å². The second-order valence-electron chi connectivity index (χ2n) is 3.58. The number of benzene rings is 1. The molecule has 0 aliphatic carbocycles. The second-order valence-corrected chi connectivity index (χ2v) is 5.34. The van der Waals surface area contributed by atoms with Crippen LogP contribution in [0, 0.1) is 6.92 Å². The van der Waals surface area contributed by atoms with Gasteiger partial charge in [-0.1, -0.05) is 11.6 Å². The highest BCUT2D eigenvalue weighted by Gasteiger charge is 2.12. The molecule has 1 aromatic heterocycles. The molecule has 0 saturated carbocycles. The van der Waals surface area contributed by atoms with Gasteiger partial charge in [-0.3, -0.25) is 0 Å². The number of rotatable bonds is 4. The smallest absolute Gasteiger partial charge is 0.339 e. The third-order valence-electron chi connectivity index (χ3n) is 2.21. The standard InChI is InChI=1S/C12H10ClNO3S/c1-7-14-5-9(18-7)6-17-11-4-8(13)2-3-10(11)12(15)16/h2-5H,6H2,1H3,(H,15,16). The van der Waals surface area contributed by atoms with E-state index in [1.807, 2.05) is 6.92 Å². The minimum absolute atomic E-state index is 0.0978. The van der Waals surface area contributed by atoms with Gasteiger partial charge in [0.25, 0.3) is 0 Å². The average Bonchev–Trinajstić information content (AvgIpc) is 2.72. The van der Waals surface area contributed by atoms with E-state index in [9.17, 15) is 4.79 Å². The van der Waals surface area contributed by atoms with E-state index in [2.05, 4.69) is 4.98 Å². The van der Waals surface area contributed by atoms with Crippen LogP contribution in [0.25, 0.3) is 0 Å². The number of hydrogen-bond donors (Lipinski definition) is 1. The van der Waals surface area contributed by atoms with Gasteiger partial charge in [-0.15, -0.1) is 11.3 Å². The Morgan fingerprint density at radius 1 is 1.56 bits per heavy atom. The first-order chi connectivity index (χ1) is 8.56. The van der Waals surface area contributed by atoms with Crippen LogP contribution in [0.4, 0.5) is 0 Å². The summed E-state index contributed by atoms with van der Waals surface area (Å²) in [4.78, 5) is 16.0. The number of carbonyl (C=O) groups is 1. The summed E-state index contributed by atoms with van der Waals surface area (Å²) in [6.07, 6.45) is 1.71. The van der Waals surface area contributed by atoms with E-state index < -0.39 is 5.97 Å². The van der Waals surface area contributed by atoms with Crippen LogP contribution < -0.4 is 4.74 Å². The minimum atomic E-state index is -1.04. The molecular formula is C12H10ClNO3S. The van der Waals surface area contributed by atoms with Crippen molar-refractivity contribution in [3.05, 3.63) is 44.9 Å². The average molecular weight is 284 g/mol. The molecule has 0 spiro atoms. The summed E-state index contributed by atoms with van der Waals surface area (Å²) >= 11 is 7.33. The SMILES string of the molecule is Cc1ncc(COc2cc(Cl)ccc2C(=O)O)s1. The molecule has 0 amide bonds. The number of carboxylic acids is 1. The normalized spacial score (nSPS) is 10.3. The van der Waals surface area contributed by atoms with Gasteiger partial charge in [-0.25, -0.2) is 9.78 Å². The van der Waals surface area contributed by atoms with Gasteiger partial charge in [-0.05, 0) is 25.1 Å². The highest BCUT2D eigenvalue weighted by molar-refractivity contribution is 7.11. The summed E-state index contributed by atoms with van der Waals surface area (Å²) in [5.41, 5.74) is 0.0978. The van der Waals surface area contributed by atoms with Crippen LogP contribution in [-0.2, 0) is 6.61 Å². The van der Waals surface area contributed by atoms with Gasteiger partial charge in [0, 0.05) is 11.2 Å². The van der Waals surface area contributed by atoms with Gasteiger partial charge in [-0.2, -0.15) is 0 Å². The van der Waals surface area contributed by atoms with Crippen LogP contribution in [0.2, 0.25) is 5.02 Å². The molecule has 2 aromatic rings. The van der Waals surface area contributed by atoms with E-state index in [0.717, 1.165) is 9.88 Å². The molecule has 18 heavy (non-hydrogen) atoms. The first-order valence-corrected chi connectivity index (χ1v) is 6.32. The number of carboxylic acid groups (broad SMARTS) is 1. The van der Waals surface area contributed by atoms with E-state index >= 15 is 0 Å². The number of halogens is 1. The molecule has 1 N–H and O–H groups in total. The predicted molar refractivity (Wildman–Crippen MR) is 69.6 cm³/mol. The maximum absolute atomic E-state index is 11.0. The zero-order valence-corrected chi connectivity index (χ0v) is 11.1. The first-order valence-electron chi connectivity index (χ1n) is 5.13. The van der Waals surface area contributed by atoms with Crippen molar-refractivity contribution in [2.75, 3.05) is 0 Å². The minimum Gasteiger partial charge on any atom is -0.487 e. The van der Waals surface area contributed by atoms with Gasteiger partial charge in [0.15, 0.2) is 0 Å². The molecule has 94 valence electrons. The highest BCUT2D eigenvalue weighted by atomic mass is 35.5. The lowest BCUT2D eigenvalue weighted by Gasteiger charge is -2.08. The summed E-state index contributed by atoms with van der Waals surface area (Å²) < 4.78 is 5.48. The molecule has 4 nitrogen and oxygen atoms in total. The van der Waals surface area contributed by atoms with E-state index in [0.29, 0.717) is 5.02 Å². The molecule has 0 saturated heterocycles. The van der Waals surface area contributed by atoms with Crippen LogP contribution in [0.1, 0.15) is 20.2 Å². The Balaban J connectivity index is 2.17. The highest BCUT2D eigenvalue weighted by Crippen LogP contribution is 2.25. The predicted octanol–water partition coefficient (Wildman–Crippen LogP) is 3.38. The Labute approximate surface area is 113 Å². The van der Waals surface area contributed by atoms with Crippen LogP contribution in [0.3, 0.4) is 0 Å². The summed E-state index contributed by atoms with van der Waals surface area (Å²) in [5.74, 6) is -0.775. The molecular weight excluding hydrogens is 274 g/mol. The zero-order chi connectivity index (χ0) is 13.1. The van der Waals surface area contributed by atoms with Crippen molar-refractivity contribution in [2.24, 2.45) is 0 Å². The number of thiazole rings is 1. The molecule has 1 aromatic carbocycles. The lowest BCUT2D eigenvalue weighted by molar-refractivity contribution is 0.0692. The van der Waals surface area contributed by atoms with Gasteiger partial charge >= 0.3 is 5.97 Å². The van der Waals surface area contributed by atoms with Crippen molar-refractivity contribution < 1.29 is 14.6 Å². The Kier molecular flexibility index (Phi) is 3.84. The summed E-state index contributed by atoms with van der Waals surface area (Å²) in [6.45, 7) is 2.18. The van der Waals surface area contributed by atoms with E-state index in [1.54, 1.807) is 6.20 Å². The molecule has 6 heteroatoms. The molecule has 0 atom stereocenters. The van der Waals surface area contributed by atoms with Crippen molar-refractivity contribution in [2.45, 2.75) is 13.5 Å². The maximum atomic E-state index is 11.0. The van der Waals surface area contributed by atoms with E-state index in [-0.39, 0.29) is 17.9 Å². The lowest BCUT2D eigenvalue weighted by atomic mass is 10.2. The largest absolute Gasteiger partial charge is 0.487 e. The number of aryl methyl sites for hydroxylation is 1. The van der Waals surface area contributed by atoms with Gasteiger partial charge in [0.05, 0.1) is 9.88 Å². The third kappa shape index (κ3) is 3.00. The zero-order valence-electron chi connectivity index (χ0n) is 9.51. The first kappa shape index (κ1) is 12.9. The molecule has 0 fully saturated rings. The van der Waals surface area contributed by atoms with Crippen LogP contribution in [-0.4, -0.2) is 16.1 Å². The summed E-state index contributed by atoms with van der Waals surface area (Å²) in [5, 5.41) is 10.4. The van der Waals surface area contributed by atoms with Crippen LogP contribution in [0.5, 0.6) is 5.75 Å². The number of aromatic nitrogens is 1. The fourth-order valence-electron chi connectivity index (χ4n) is 1.41. The Hall–Kier alpha value is -1.59. The monoisotopic (exact) mass is 283 g/mol. The van der Waals surface area contributed by atoms with Gasteiger partial charge in [0.1, 0.15) is 17.9 Å². The molecule has 0 aliphatic rings. The number of aromatic carboxylic acids is 1. The Bertz CT molecular complexity index is 582. The Morgan fingerprint density at radius 2 is 2.33 bits per heavy atom. The second kappa shape index (κ2) is 5.37. The van der Waals surface area contributed by atoms with Crippen molar-refractivity contribution in [1.29, 1.82) is 0 Å². The van der Waals surface area contributed by atoms with Gasteiger partial charge in [0.2, 0.25) is 0 Å².